The largest absolute Gasteiger partial charge is 0.363 e. The van der Waals surface area contributed by atoms with E-state index in [4.69, 9.17) is 0 Å². The topological polar surface area (TPSA) is 63.6 Å². The van der Waals surface area contributed by atoms with E-state index in [2.05, 4.69) is 25.3 Å². The molecule has 100 valence electrons. The molecule has 3 heterocycles. The van der Waals surface area contributed by atoms with Crippen LogP contribution in [0, 0.1) is 0 Å². The number of aromatic nitrogens is 4. The van der Waals surface area contributed by atoms with Crippen molar-refractivity contribution in [1.82, 2.24) is 19.9 Å². The number of anilines is 1. The van der Waals surface area contributed by atoms with E-state index in [0.29, 0.717) is 12.5 Å². The van der Waals surface area contributed by atoms with Crippen molar-refractivity contribution in [2.75, 3.05) is 5.32 Å². The van der Waals surface area contributed by atoms with Crippen molar-refractivity contribution >= 4 is 27.4 Å². The van der Waals surface area contributed by atoms with Gasteiger partial charge in [-0.15, -0.1) is 11.3 Å². The molecule has 0 atom stereocenters. The lowest BCUT2D eigenvalue weighted by Gasteiger charge is -2.04. The maximum absolute atomic E-state index is 4.55. The molecule has 3 aromatic rings. The Morgan fingerprint density at radius 3 is 3.00 bits per heavy atom. The SMILES string of the molecule is c1cc2sc(CNc3ccnc(C4CC4)n3)nc2cn1. The quantitative estimate of drug-likeness (QED) is 0.797. The highest BCUT2D eigenvalue weighted by molar-refractivity contribution is 7.18. The Bertz CT molecular complexity index is 717. The summed E-state index contributed by atoms with van der Waals surface area (Å²) in [6.45, 7) is 0.681. The van der Waals surface area contributed by atoms with Crippen molar-refractivity contribution in [3.05, 3.63) is 41.6 Å². The molecule has 1 aliphatic carbocycles. The van der Waals surface area contributed by atoms with Crippen LogP contribution in [0.25, 0.3) is 10.2 Å². The molecular formula is C14H13N5S. The van der Waals surface area contributed by atoms with Crippen LogP contribution in [0.3, 0.4) is 0 Å². The van der Waals surface area contributed by atoms with Gasteiger partial charge in [0.25, 0.3) is 0 Å². The number of thiazole rings is 1. The molecule has 1 aliphatic rings. The highest BCUT2D eigenvalue weighted by Gasteiger charge is 2.26. The summed E-state index contributed by atoms with van der Waals surface area (Å²) in [5.41, 5.74) is 0.954. The maximum Gasteiger partial charge on any atom is 0.133 e. The molecule has 5 nitrogen and oxygen atoms in total. The maximum atomic E-state index is 4.55. The minimum absolute atomic E-state index is 0.574. The standard InChI is InChI=1S/C14H13N5S/c1-2-9(1)14-16-6-4-12(19-14)17-8-13-18-10-7-15-5-3-11(10)20-13/h3-7,9H,1-2,8H2,(H,16,17,19). The molecule has 1 fully saturated rings. The minimum atomic E-state index is 0.574. The van der Waals surface area contributed by atoms with Gasteiger partial charge in [0.2, 0.25) is 0 Å². The van der Waals surface area contributed by atoms with Gasteiger partial charge in [-0.3, -0.25) is 4.98 Å². The van der Waals surface area contributed by atoms with Crippen molar-refractivity contribution in [3.8, 4) is 0 Å². The predicted molar refractivity (Wildman–Crippen MR) is 78.7 cm³/mol. The van der Waals surface area contributed by atoms with Crippen LogP contribution in [0.2, 0.25) is 0 Å². The summed E-state index contributed by atoms with van der Waals surface area (Å²) in [6, 6.07) is 3.90. The Labute approximate surface area is 120 Å². The van der Waals surface area contributed by atoms with Crippen LogP contribution in [-0.4, -0.2) is 19.9 Å². The van der Waals surface area contributed by atoms with Gasteiger partial charge in [-0.2, -0.15) is 0 Å². The van der Waals surface area contributed by atoms with E-state index in [-0.39, 0.29) is 0 Å². The third-order valence-electron chi connectivity index (χ3n) is 3.27. The smallest absolute Gasteiger partial charge is 0.133 e. The van der Waals surface area contributed by atoms with E-state index < -0.39 is 0 Å². The molecule has 0 bridgehead atoms. The average molecular weight is 283 g/mol. The van der Waals surface area contributed by atoms with Crippen LogP contribution in [0.5, 0.6) is 0 Å². The Morgan fingerprint density at radius 2 is 2.15 bits per heavy atom. The molecule has 20 heavy (non-hydrogen) atoms. The normalized spacial score (nSPS) is 14.6. The Hall–Kier alpha value is -2.08. The van der Waals surface area contributed by atoms with Crippen LogP contribution in [-0.2, 0) is 6.54 Å². The lowest BCUT2D eigenvalue weighted by molar-refractivity contribution is 0.920. The molecule has 0 spiro atoms. The van der Waals surface area contributed by atoms with Crippen LogP contribution in [0.1, 0.15) is 29.6 Å². The molecule has 0 saturated heterocycles. The third kappa shape index (κ3) is 2.34. The van der Waals surface area contributed by atoms with Gasteiger partial charge in [0.05, 0.1) is 23.0 Å². The van der Waals surface area contributed by atoms with E-state index >= 15 is 0 Å². The molecule has 1 saturated carbocycles. The second-order valence-electron chi connectivity index (χ2n) is 4.88. The molecule has 1 N–H and O–H groups in total. The second kappa shape index (κ2) is 4.79. The summed E-state index contributed by atoms with van der Waals surface area (Å²) in [6.07, 6.45) is 7.85. The van der Waals surface area contributed by atoms with Gasteiger partial charge in [0, 0.05) is 18.3 Å². The van der Waals surface area contributed by atoms with Gasteiger partial charge in [0.1, 0.15) is 16.6 Å². The first-order chi connectivity index (χ1) is 9.88. The van der Waals surface area contributed by atoms with E-state index in [1.165, 1.54) is 12.8 Å². The highest BCUT2D eigenvalue weighted by atomic mass is 32.1. The number of rotatable bonds is 4. The summed E-state index contributed by atoms with van der Waals surface area (Å²) >= 11 is 1.68. The van der Waals surface area contributed by atoms with Gasteiger partial charge >= 0.3 is 0 Å². The number of pyridine rings is 1. The van der Waals surface area contributed by atoms with Crippen LogP contribution in [0.15, 0.2) is 30.7 Å². The fourth-order valence-electron chi connectivity index (χ4n) is 2.08. The zero-order valence-corrected chi connectivity index (χ0v) is 11.6. The first-order valence-corrected chi connectivity index (χ1v) is 7.46. The Morgan fingerprint density at radius 1 is 1.20 bits per heavy atom. The number of hydrogen-bond donors (Lipinski definition) is 1. The van der Waals surface area contributed by atoms with Gasteiger partial charge in [-0.05, 0) is 25.0 Å². The molecule has 0 amide bonds. The van der Waals surface area contributed by atoms with Gasteiger partial charge in [0.15, 0.2) is 0 Å². The van der Waals surface area contributed by atoms with E-state index in [0.717, 1.165) is 26.9 Å². The summed E-state index contributed by atoms with van der Waals surface area (Å²) in [5.74, 6) is 2.41. The molecule has 6 heteroatoms. The molecular weight excluding hydrogens is 270 g/mol. The molecule has 0 aromatic carbocycles. The fourth-order valence-corrected chi connectivity index (χ4v) is 2.95. The van der Waals surface area contributed by atoms with Crippen molar-refractivity contribution in [2.45, 2.75) is 25.3 Å². The Kier molecular flexibility index (Phi) is 2.81. The van der Waals surface area contributed by atoms with Crippen molar-refractivity contribution in [1.29, 1.82) is 0 Å². The zero-order chi connectivity index (χ0) is 13.4. The zero-order valence-electron chi connectivity index (χ0n) is 10.8. The van der Waals surface area contributed by atoms with E-state index in [1.54, 1.807) is 23.7 Å². The minimum Gasteiger partial charge on any atom is -0.363 e. The molecule has 0 radical (unpaired) electrons. The molecule has 0 unspecified atom stereocenters. The highest BCUT2D eigenvalue weighted by Crippen LogP contribution is 2.38. The fraction of sp³-hybridized carbons (Fsp3) is 0.286. The number of nitrogens with zero attached hydrogens (tertiary/aromatic N) is 4. The summed E-state index contributed by atoms with van der Waals surface area (Å²) in [7, 11) is 0. The third-order valence-corrected chi connectivity index (χ3v) is 4.31. The van der Waals surface area contributed by atoms with Gasteiger partial charge in [-0.25, -0.2) is 15.0 Å². The molecule has 3 aromatic heterocycles. The van der Waals surface area contributed by atoms with Crippen LogP contribution in [0.4, 0.5) is 5.82 Å². The summed E-state index contributed by atoms with van der Waals surface area (Å²) in [4.78, 5) is 17.5. The first-order valence-electron chi connectivity index (χ1n) is 6.65. The molecule has 4 rings (SSSR count). The van der Waals surface area contributed by atoms with Crippen molar-refractivity contribution < 1.29 is 0 Å². The second-order valence-corrected chi connectivity index (χ2v) is 5.99. The van der Waals surface area contributed by atoms with E-state index in [9.17, 15) is 0 Å². The first kappa shape index (κ1) is 11.7. The lowest BCUT2D eigenvalue weighted by atomic mass is 10.4. The number of hydrogen-bond acceptors (Lipinski definition) is 6. The van der Waals surface area contributed by atoms with Crippen LogP contribution >= 0.6 is 11.3 Å². The summed E-state index contributed by atoms with van der Waals surface area (Å²) < 4.78 is 1.16. The lowest BCUT2D eigenvalue weighted by Crippen LogP contribution is -2.03. The molecule has 0 aliphatic heterocycles. The van der Waals surface area contributed by atoms with Crippen LogP contribution < -0.4 is 5.32 Å². The average Bonchev–Trinajstić information content (AvgIpc) is 3.25. The summed E-state index contributed by atoms with van der Waals surface area (Å²) in [5, 5.41) is 4.36. The number of nitrogens with one attached hydrogen (secondary N) is 1. The van der Waals surface area contributed by atoms with Crippen molar-refractivity contribution in [3.63, 3.8) is 0 Å². The number of fused-ring (bicyclic) bond motifs is 1. The predicted octanol–water partition coefficient (Wildman–Crippen LogP) is 2.97. The van der Waals surface area contributed by atoms with Crippen molar-refractivity contribution in [2.24, 2.45) is 0 Å². The monoisotopic (exact) mass is 283 g/mol. The Balaban J connectivity index is 1.50. The van der Waals surface area contributed by atoms with E-state index in [1.807, 2.05) is 18.3 Å². The van der Waals surface area contributed by atoms with Gasteiger partial charge in [-0.1, -0.05) is 0 Å². The van der Waals surface area contributed by atoms with Gasteiger partial charge < -0.3 is 5.32 Å².